The molecule has 1 heterocycles. The topological polar surface area (TPSA) is 66.8 Å². The molecule has 1 amide bonds. The van der Waals surface area contributed by atoms with Crippen molar-refractivity contribution in [1.82, 2.24) is 4.90 Å². The van der Waals surface area contributed by atoms with Crippen molar-refractivity contribution < 1.29 is 19.4 Å². The van der Waals surface area contributed by atoms with Gasteiger partial charge in [0.15, 0.2) is 0 Å². The largest absolute Gasteiger partial charge is 0.497 e. The van der Waals surface area contributed by atoms with E-state index in [2.05, 4.69) is 0 Å². The maximum Gasteiger partial charge on any atom is 0.312 e. The minimum Gasteiger partial charge on any atom is -0.497 e. The van der Waals surface area contributed by atoms with E-state index in [1.54, 1.807) is 42.3 Å². The summed E-state index contributed by atoms with van der Waals surface area (Å²) in [6, 6.07) is 14.3. The molecule has 0 bridgehead atoms. The second-order valence-corrected chi connectivity index (χ2v) is 5.51. The van der Waals surface area contributed by atoms with Gasteiger partial charge < -0.3 is 14.7 Å². The van der Waals surface area contributed by atoms with E-state index in [0.717, 1.165) is 5.56 Å². The molecule has 0 radical (unpaired) electrons. The van der Waals surface area contributed by atoms with Gasteiger partial charge in [-0.2, -0.15) is 0 Å². The number of carboxylic acids is 1. The Morgan fingerprint density at radius 3 is 2.52 bits per heavy atom. The number of carbonyl (C=O) groups is 2. The Morgan fingerprint density at radius 2 is 1.91 bits per heavy atom. The number of fused-ring (bicyclic) bond motifs is 1. The third-order valence-corrected chi connectivity index (χ3v) is 4.12. The highest BCUT2D eigenvalue weighted by Crippen LogP contribution is 2.27. The molecule has 118 valence electrons. The first kappa shape index (κ1) is 15.1. The summed E-state index contributed by atoms with van der Waals surface area (Å²) >= 11 is 0. The Labute approximate surface area is 134 Å². The van der Waals surface area contributed by atoms with Gasteiger partial charge in [0.25, 0.3) is 5.91 Å². The predicted molar refractivity (Wildman–Crippen MR) is 84.6 cm³/mol. The van der Waals surface area contributed by atoms with Gasteiger partial charge in [0.05, 0.1) is 13.0 Å². The quantitative estimate of drug-likeness (QED) is 0.921. The third kappa shape index (κ3) is 2.90. The van der Waals surface area contributed by atoms with Gasteiger partial charge in [0.2, 0.25) is 0 Å². The molecule has 0 aliphatic carbocycles. The lowest BCUT2D eigenvalue weighted by Crippen LogP contribution is -2.32. The fourth-order valence-corrected chi connectivity index (χ4v) is 2.84. The average molecular weight is 311 g/mol. The molecule has 2 aromatic rings. The highest BCUT2D eigenvalue weighted by Gasteiger charge is 2.31. The number of methoxy groups -OCH3 is 1. The molecule has 0 spiro atoms. The number of hydrogen-bond donors (Lipinski definition) is 1. The van der Waals surface area contributed by atoms with E-state index in [1.807, 2.05) is 18.2 Å². The maximum atomic E-state index is 12.4. The molecule has 2 aromatic carbocycles. The van der Waals surface area contributed by atoms with Gasteiger partial charge in [-0.25, -0.2) is 0 Å². The Bertz CT molecular complexity index is 739. The van der Waals surface area contributed by atoms with E-state index >= 15 is 0 Å². The number of nitrogens with zero attached hydrogens (tertiary/aromatic N) is 1. The summed E-state index contributed by atoms with van der Waals surface area (Å²) in [5.74, 6) is -1.15. The lowest BCUT2D eigenvalue weighted by atomic mass is 9.98. The minimum absolute atomic E-state index is 0.111. The Hall–Kier alpha value is -2.82. The number of rotatable bonds is 5. The second kappa shape index (κ2) is 6.12. The molecule has 0 saturated carbocycles. The van der Waals surface area contributed by atoms with Crippen LogP contribution in [0.5, 0.6) is 5.75 Å². The summed E-state index contributed by atoms with van der Waals surface area (Å²) in [6.45, 7) is 0.601. The zero-order valence-electron chi connectivity index (χ0n) is 12.7. The Balaban J connectivity index is 1.81. The molecule has 0 saturated heterocycles. The summed E-state index contributed by atoms with van der Waals surface area (Å²) < 4.78 is 5.09. The van der Waals surface area contributed by atoms with E-state index in [4.69, 9.17) is 4.74 Å². The summed E-state index contributed by atoms with van der Waals surface area (Å²) in [5, 5.41) is 9.55. The zero-order valence-corrected chi connectivity index (χ0v) is 12.7. The van der Waals surface area contributed by atoms with E-state index in [9.17, 15) is 14.7 Å². The molecule has 5 heteroatoms. The van der Waals surface area contributed by atoms with Crippen molar-refractivity contribution in [3.05, 3.63) is 65.2 Å². The number of carbonyl (C=O) groups excluding carboxylic acids is 1. The van der Waals surface area contributed by atoms with Gasteiger partial charge in [-0.1, -0.05) is 30.3 Å². The van der Waals surface area contributed by atoms with Gasteiger partial charge in [0.1, 0.15) is 5.75 Å². The van der Waals surface area contributed by atoms with E-state index < -0.39 is 11.9 Å². The van der Waals surface area contributed by atoms with Crippen LogP contribution in [-0.2, 0) is 11.3 Å². The van der Waals surface area contributed by atoms with Crippen molar-refractivity contribution in [3.8, 4) is 5.75 Å². The smallest absolute Gasteiger partial charge is 0.312 e. The van der Waals surface area contributed by atoms with E-state index in [0.29, 0.717) is 23.4 Å². The molecule has 0 fully saturated rings. The van der Waals surface area contributed by atoms with Crippen molar-refractivity contribution in [2.24, 2.45) is 0 Å². The van der Waals surface area contributed by atoms with Crippen LogP contribution in [0.15, 0.2) is 48.5 Å². The zero-order chi connectivity index (χ0) is 16.4. The number of amides is 1. The molecular weight excluding hydrogens is 294 g/mol. The molecule has 1 aliphatic rings. The first-order chi connectivity index (χ1) is 11.1. The average Bonchev–Trinajstić information content (AvgIpc) is 2.89. The monoisotopic (exact) mass is 311 g/mol. The molecule has 1 aliphatic heterocycles. The first-order valence-corrected chi connectivity index (χ1v) is 7.34. The van der Waals surface area contributed by atoms with Gasteiger partial charge in [0, 0.05) is 18.7 Å². The number of hydrogen-bond acceptors (Lipinski definition) is 3. The van der Waals surface area contributed by atoms with Gasteiger partial charge >= 0.3 is 5.97 Å². The molecule has 1 N–H and O–H groups in total. The third-order valence-electron chi connectivity index (χ3n) is 4.12. The molecule has 5 nitrogen and oxygen atoms in total. The fourth-order valence-electron chi connectivity index (χ4n) is 2.84. The molecular formula is C18H17NO4. The van der Waals surface area contributed by atoms with Crippen LogP contribution in [0.3, 0.4) is 0 Å². The number of aliphatic carboxylic acids is 1. The van der Waals surface area contributed by atoms with E-state index in [-0.39, 0.29) is 12.5 Å². The second-order valence-electron chi connectivity index (χ2n) is 5.51. The lowest BCUT2D eigenvalue weighted by molar-refractivity contribution is -0.139. The van der Waals surface area contributed by atoms with Crippen LogP contribution in [0.25, 0.3) is 0 Å². The summed E-state index contributed by atoms with van der Waals surface area (Å²) in [4.78, 5) is 25.6. The van der Waals surface area contributed by atoms with Crippen LogP contribution in [0.1, 0.15) is 27.4 Å². The van der Waals surface area contributed by atoms with Crippen LogP contribution < -0.4 is 4.74 Å². The van der Waals surface area contributed by atoms with Crippen molar-refractivity contribution in [3.63, 3.8) is 0 Å². The Kier molecular flexibility index (Phi) is 4.02. The molecule has 0 aromatic heterocycles. The van der Waals surface area contributed by atoms with Crippen LogP contribution in [0, 0.1) is 0 Å². The van der Waals surface area contributed by atoms with Crippen molar-refractivity contribution >= 4 is 11.9 Å². The van der Waals surface area contributed by atoms with Gasteiger partial charge in [-0.05, 0) is 29.3 Å². The van der Waals surface area contributed by atoms with Crippen molar-refractivity contribution in [2.45, 2.75) is 12.5 Å². The fraction of sp³-hybridized carbons (Fsp3) is 0.222. The van der Waals surface area contributed by atoms with Crippen LogP contribution >= 0.6 is 0 Å². The van der Waals surface area contributed by atoms with Crippen LogP contribution in [-0.4, -0.2) is 35.5 Å². The Morgan fingerprint density at radius 1 is 1.22 bits per heavy atom. The lowest BCUT2D eigenvalue weighted by Gasteiger charge is -2.21. The highest BCUT2D eigenvalue weighted by atomic mass is 16.5. The normalized spacial score (nSPS) is 14.5. The summed E-state index contributed by atoms with van der Waals surface area (Å²) in [7, 11) is 1.56. The van der Waals surface area contributed by atoms with Crippen LogP contribution in [0.2, 0.25) is 0 Å². The van der Waals surface area contributed by atoms with Gasteiger partial charge in [-0.3, -0.25) is 9.59 Å². The number of benzene rings is 2. The molecule has 1 unspecified atom stereocenters. The maximum absolute atomic E-state index is 12.4. The first-order valence-electron chi connectivity index (χ1n) is 7.34. The number of carboxylic acid groups (broad SMARTS) is 1. The molecule has 3 rings (SSSR count). The summed E-state index contributed by atoms with van der Waals surface area (Å²) in [5.41, 5.74) is 2.25. The molecule has 1 atom stereocenters. The van der Waals surface area contributed by atoms with Crippen molar-refractivity contribution in [2.75, 3.05) is 13.7 Å². The molecule has 23 heavy (non-hydrogen) atoms. The van der Waals surface area contributed by atoms with Gasteiger partial charge in [-0.15, -0.1) is 0 Å². The minimum atomic E-state index is -0.945. The van der Waals surface area contributed by atoms with E-state index in [1.165, 1.54) is 0 Å². The SMILES string of the molecule is COc1ccc(C(CN2Cc3ccccc3C2=O)C(=O)O)cc1. The number of ether oxygens (including phenoxy) is 1. The predicted octanol–water partition coefficient (Wildman–Crippen LogP) is 2.52. The highest BCUT2D eigenvalue weighted by molar-refractivity contribution is 5.98. The summed E-state index contributed by atoms with van der Waals surface area (Å²) in [6.07, 6.45) is 0. The van der Waals surface area contributed by atoms with Crippen LogP contribution in [0.4, 0.5) is 0 Å². The van der Waals surface area contributed by atoms with Crippen molar-refractivity contribution in [1.29, 1.82) is 0 Å². The standard InChI is InChI=1S/C18H17NO4/c1-23-14-8-6-12(7-9-14)16(18(21)22)11-19-10-13-4-2-3-5-15(13)17(19)20/h2-9,16H,10-11H2,1H3,(H,21,22).